The van der Waals surface area contributed by atoms with Crippen molar-refractivity contribution < 1.29 is 0 Å². The van der Waals surface area contributed by atoms with Crippen molar-refractivity contribution in [3.05, 3.63) is 23.3 Å². The van der Waals surface area contributed by atoms with E-state index >= 15 is 0 Å². The number of nitrogens with one attached hydrogen (secondary N) is 1. The van der Waals surface area contributed by atoms with Crippen LogP contribution in [0.15, 0.2) is 23.3 Å². The molecule has 1 heteroatoms. The molecular formula is C10H13N. The zero-order valence-electron chi connectivity index (χ0n) is 6.64. The van der Waals surface area contributed by atoms with E-state index < -0.39 is 0 Å². The van der Waals surface area contributed by atoms with Crippen molar-refractivity contribution in [1.29, 1.82) is 5.41 Å². The van der Waals surface area contributed by atoms with E-state index in [0.717, 1.165) is 12.8 Å². The maximum Gasteiger partial charge on any atom is 0.00129 e. The van der Waals surface area contributed by atoms with E-state index in [1.807, 2.05) is 0 Å². The van der Waals surface area contributed by atoms with Crippen molar-refractivity contribution in [3.8, 4) is 0 Å². The highest BCUT2D eigenvalue weighted by Crippen LogP contribution is 2.36. The second-order valence-electron chi connectivity index (χ2n) is 3.40. The van der Waals surface area contributed by atoms with E-state index in [-0.39, 0.29) is 0 Å². The molecule has 0 spiro atoms. The molecule has 2 rings (SSSR count). The molecule has 0 bridgehead atoms. The summed E-state index contributed by atoms with van der Waals surface area (Å²) >= 11 is 0. The molecule has 2 aliphatic carbocycles. The Balaban J connectivity index is 2.16. The Morgan fingerprint density at radius 2 is 2.36 bits per heavy atom. The first-order valence-corrected chi connectivity index (χ1v) is 4.28. The Morgan fingerprint density at radius 1 is 1.45 bits per heavy atom. The highest BCUT2D eigenvalue weighted by molar-refractivity contribution is 5.60. The lowest BCUT2D eigenvalue weighted by Gasteiger charge is -2.05. The minimum Gasteiger partial charge on any atom is -0.313 e. The van der Waals surface area contributed by atoms with Gasteiger partial charge in [-0.3, -0.25) is 0 Å². The van der Waals surface area contributed by atoms with Crippen LogP contribution < -0.4 is 0 Å². The molecule has 0 aromatic heterocycles. The molecule has 1 atom stereocenters. The van der Waals surface area contributed by atoms with Crippen molar-refractivity contribution >= 4 is 6.21 Å². The molecule has 0 aliphatic heterocycles. The van der Waals surface area contributed by atoms with Crippen molar-refractivity contribution in [2.45, 2.75) is 25.7 Å². The normalized spacial score (nSPS) is 28.9. The second-order valence-corrected chi connectivity index (χ2v) is 3.40. The fraction of sp³-hybridized carbons (Fsp3) is 0.500. The quantitative estimate of drug-likeness (QED) is 0.551. The third kappa shape index (κ3) is 1.15. The molecule has 0 aromatic carbocycles. The van der Waals surface area contributed by atoms with Crippen molar-refractivity contribution in [2.24, 2.45) is 5.92 Å². The number of hydrogen-bond acceptors (Lipinski definition) is 1. The molecule has 0 aromatic rings. The van der Waals surface area contributed by atoms with Gasteiger partial charge in [0.05, 0.1) is 0 Å². The topological polar surface area (TPSA) is 23.9 Å². The van der Waals surface area contributed by atoms with Gasteiger partial charge in [-0.25, -0.2) is 0 Å². The van der Waals surface area contributed by atoms with Crippen molar-refractivity contribution in [3.63, 3.8) is 0 Å². The molecule has 58 valence electrons. The summed E-state index contributed by atoms with van der Waals surface area (Å²) in [7, 11) is 0. The lowest BCUT2D eigenvalue weighted by Crippen LogP contribution is -1.93. The zero-order chi connectivity index (χ0) is 7.68. The molecule has 0 amide bonds. The molecule has 0 radical (unpaired) electrons. The van der Waals surface area contributed by atoms with Crippen LogP contribution >= 0.6 is 0 Å². The van der Waals surface area contributed by atoms with Crippen LogP contribution in [0.1, 0.15) is 25.7 Å². The average molecular weight is 147 g/mol. The summed E-state index contributed by atoms with van der Waals surface area (Å²) < 4.78 is 0. The average Bonchev–Trinajstić information content (AvgIpc) is 2.46. The van der Waals surface area contributed by atoms with Gasteiger partial charge in [-0.05, 0) is 37.5 Å². The maximum absolute atomic E-state index is 7.17. The Morgan fingerprint density at radius 3 is 3.09 bits per heavy atom. The summed E-state index contributed by atoms with van der Waals surface area (Å²) in [5, 5.41) is 7.17. The van der Waals surface area contributed by atoms with Crippen LogP contribution in [0, 0.1) is 11.3 Å². The second kappa shape index (κ2) is 2.65. The van der Waals surface area contributed by atoms with E-state index in [1.54, 1.807) is 11.8 Å². The zero-order valence-corrected chi connectivity index (χ0v) is 6.64. The van der Waals surface area contributed by atoms with Crippen LogP contribution in [0.25, 0.3) is 0 Å². The number of allylic oxidation sites excluding steroid dienone is 4. The fourth-order valence-corrected chi connectivity index (χ4v) is 2.00. The Labute approximate surface area is 67.3 Å². The molecule has 1 N–H and O–H groups in total. The molecule has 2 aliphatic rings. The van der Waals surface area contributed by atoms with Gasteiger partial charge in [0, 0.05) is 5.92 Å². The molecule has 1 unspecified atom stereocenters. The van der Waals surface area contributed by atoms with Gasteiger partial charge in [0.2, 0.25) is 0 Å². The number of hydrogen-bond donors (Lipinski definition) is 1. The molecule has 0 saturated carbocycles. The highest BCUT2D eigenvalue weighted by atomic mass is 14.4. The molecule has 0 saturated heterocycles. The van der Waals surface area contributed by atoms with E-state index in [9.17, 15) is 0 Å². The minimum absolute atomic E-state index is 0.516. The monoisotopic (exact) mass is 147 g/mol. The van der Waals surface area contributed by atoms with E-state index in [0.29, 0.717) is 5.92 Å². The molecule has 0 heterocycles. The first kappa shape index (κ1) is 6.84. The van der Waals surface area contributed by atoms with E-state index in [1.165, 1.54) is 18.4 Å². The Bertz CT molecular complexity index is 235. The summed E-state index contributed by atoms with van der Waals surface area (Å²) in [5.41, 5.74) is 3.13. The summed E-state index contributed by atoms with van der Waals surface area (Å²) in [5.74, 6) is 0.516. The summed E-state index contributed by atoms with van der Waals surface area (Å²) in [6, 6.07) is 0. The van der Waals surface area contributed by atoms with Gasteiger partial charge >= 0.3 is 0 Å². The predicted octanol–water partition coefficient (Wildman–Crippen LogP) is 2.69. The third-order valence-corrected chi connectivity index (χ3v) is 2.61. The number of rotatable bonds is 1. The van der Waals surface area contributed by atoms with E-state index in [4.69, 9.17) is 5.41 Å². The summed E-state index contributed by atoms with van der Waals surface area (Å²) in [6.07, 6.45) is 10.8. The van der Waals surface area contributed by atoms with Gasteiger partial charge in [0.25, 0.3) is 0 Å². The van der Waals surface area contributed by atoms with Crippen LogP contribution in [0.3, 0.4) is 0 Å². The Kier molecular flexibility index (Phi) is 1.65. The molecule has 11 heavy (non-hydrogen) atoms. The predicted molar refractivity (Wildman–Crippen MR) is 46.9 cm³/mol. The van der Waals surface area contributed by atoms with Gasteiger partial charge in [-0.15, -0.1) is 0 Å². The summed E-state index contributed by atoms with van der Waals surface area (Å²) in [4.78, 5) is 0. The molecule has 1 nitrogen and oxygen atoms in total. The SMILES string of the molecule is N=CC1CC2=C(CCC=C2)C1. The lowest BCUT2D eigenvalue weighted by molar-refractivity contribution is 0.741. The highest BCUT2D eigenvalue weighted by Gasteiger charge is 2.21. The van der Waals surface area contributed by atoms with Crippen LogP contribution in [0.4, 0.5) is 0 Å². The van der Waals surface area contributed by atoms with Crippen LogP contribution in [0.5, 0.6) is 0 Å². The third-order valence-electron chi connectivity index (χ3n) is 2.61. The fourth-order valence-electron chi connectivity index (χ4n) is 2.00. The molecule has 0 fully saturated rings. The van der Waals surface area contributed by atoms with Crippen LogP contribution in [-0.4, -0.2) is 6.21 Å². The first-order chi connectivity index (χ1) is 5.40. The minimum atomic E-state index is 0.516. The van der Waals surface area contributed by atoms with Gasteiger partial charge in [0.15, 0.2) is 0 Å². The van der Waals surface area contributed by atoms with Crippen molar-refractivity contribution in [2.75, 3.05) is 0 Å². The van der Waals surface area contributed by atoms with Gasteiger partial charge in [0.1, 0.15) is 0 Å². The van der Waals surface area contributed by atoms with Gasteiger partial charge in [-0.1, -0.05) is 17.7 Å². The van der Waals surface area contributed by atoms with Crippen molar-refractivity contribution in [1.82, 2.24) is 0 Å². The standard InChI is InChI=1S/C10H13N/c11-7-8-5-9-3-1-2-4-10(9)6-8/h1,3,7-8,11H,2,4-6H2. The largest absolute Gasteiger partial charge is 0.313 e. The van der Waals surface area contributed by atoms with Gasteiger partial charge < -0.3 is 5.41 Å². The first-order valence-electron chi connectivity index (χ1n) is 4.28. The van der Waals surface area contributed by atoms with Crippen LogP contribution in [0.2, 0.25) is 0 Å². The van der Waals surface area contributed by atoms with E-state index in [2.05, 4.69) is 12.2 Å². The molecular weight excluding hydrogens is 134 g/mol. The maximum atomic E-state index is 7.17. The Hall–Kier alpha value is -0.850. The lowest BCUT2D eigenvalue weighted by atomic mass is 10.0. The van der Waals surface area contributed by atoms with Crippen LogP contribution in [-0.2, 0) is 0 Å². The smallest absolute Gasteiger partial charge is 0.00129 e. The summed E-state index contributed by atoms with van der Waals surface area (Å²) in [6.45, 7) is 0. The van der Waals surface area contributed by atoms with Gasteiger partial charge in [-0.2, -0.15) is 0 Å².